The highest BCUT2D eigenvalue weighted by Gasteiger charge is 2.36. The number of amides is 3. The number of benzene rings is 2. The highest BCUT2D eigenvalue weighted by Crippen LogP contribution is 2.39. The SMILES string of the molecule is Cc1ccc(NC(=O)c2c(-n3c(C)cc(C=C4C(=O)NC(=S)N(c5ccc(Br)cc5C)C4=O)c3C)sc3c2CCCC3)cc1. The van der Waals surface area contributed by atoms with Crippen LogP contribution in [-0.2, 0) is 22.4 Å². The van der Waals surface area contributed by atoms with E-state index in [1.54, 1.807) is 23.5 Å². The van der Waals surface area contributed by atoms with Gasteiger partial charge in [0, 0.05) is 26.4 Å². The summed E-state index contributed by atoms with van der Waals surface area (Å²) in [5.41, 5.74) is 7.56. The van der Waals surface area contributed by atoms with Crippen LogP contribution in [0.2, 0.25) is 0 Å². The van der Waals surface area contributed by atoms with Crippen molar-refractivity contribution in [3.8, 4) is 5.00 Å². The second-order valence-corrected chi connectivity index (χ2v) is 13.6. The van der Waals surface area contributed by atoms with Crippen molar-refractivity contribution in [2.24, 2.45) is 0 Å². The lowest BCUT2D eigenvalue weighted by atomic mass is 9.95. The Morgan fingerprint density at radius 2 is 1.75 bits per heavy atom. The van der Waals surface area contributed by atoms with Gasteiger partial charge in [0.2, 0.25) is 0 Å². The molecule has 4 aromatic rings. The number of carbonyl (C=O) groups excluding carboxylic acids is 3. The lowest BCUT2D eigenvalue weighted by Crippen LogP contribution is -2.54. The van der Waals surface area contributed by atoms with Crippen molar-refractivity contribution in [2.75, 3.05) is 10.2 Å². The van der Waals surface area contributed by atoms with Crippen LogP contribution in [0.3, 0.4) is 0 Å². The molecule has 0 unspecified atom stereocenters. The Morgan fingerprint density at radius 3 is 2.48 bits per heavy atom. The minimum absolute atomic E-state index is 0.0102. The van der Waals surface area contributed by atoms with Gasteiger partial charge in [-0.3, -0.25) is 24.6 Å². The molecular weight excluding hydrogens is 656 g/mol. The molecule has 224 valence electrons. The molecule has 0 bridgehead atoms. The number of thiocarbonyl (C=S) groups is 1. The molecule has 0 radical (unpaired) electrons. The van der Waals surface area contributed by atoms with Crippen LogP contribution < -0.4 is 15.5 Å². The van der Waals surface area contributed by atoms with Gasteiger partial charge in [0.05, 0.1) is 11.3 Å². The fourth-order valence-electron chi connectivity index (χ4n) is 5.92. The van der Waals surface area contributed by atoms with Gasteiger partial charge in [-0.1, -0.05) is 33.6 Å². The van der Waals surface area contributed by atoms with E-state index in [2.05, 4.69) is 31.1 Å². The average molecular weight is 688 g/mol. The number of thiophene rings is 1. The Hall–Kier alpha value is -3.86. The Kier molecular flexibility index (Phi) is 8.17. The summed E-state index contributed by atoms with van der Waals surface area (Å²) in [4.78, 5) is 43.3. The van der Waals surface area contributed by atoms with E-state index in [0.717, 1.165) is 74.5 Å². The van der Waals surface area contributed by atoms with Crippen molar-refractivity contribution < 1.29 is 14.4 Å². The third-order valence-electron chi connectivity index (χ3n) is 8.16. The molecule has 1 saturated heterocycles. The molecule has 0 spiro atoms. The fraction of sp³-hybridized carbons (Fsp3) is 0.235. The second kappa shape index (κ2) is 11.9. The Bertz CT molecular complexity index is 1900. The van der Waals surface area contributed by atoms with Crippen molar-refractivity contribution in [1.29, 1.82) is 0 Å². The molecule has 3 heterocycles. The van der Waals surface area contributed by atoms with Gasteiger partial charge < -0.3 is 9.88 Å². The third-order valence-corrected chi connectivity index (χ3v) is 10.2. The summed E-state index contributed by atoms with van der Waals surface area (Å²) in [7, 11) is 0. The van der Waals surface area contributed by atoms with E-state index in [1.807, 2.05) is 70.2 Å². The van der Waals surface area contributed by atoms with Crippen molar-refractivity contribution in [2.45, 2.75) is 53.4 Å². The smallest absolute Gasteiger partial charge is 0.270 e. The molecule has 1 fully saturated rings. The zero-order valence-corrected chi connectivity index (χ0v) is 28.1. The zero-order valence-electron chi connectivity index (χ0n) is 24.8. The summed E-state index contributed by atoms with van der Waals surface area (Å²) in [5.74, 6) is -1.16. The summed E-state index contributed by atoms with van der Waals surface area (Å²) < 4.78 is 2.95. The van der Waals surface area contributed by atoms with Gasteiger partial charge in [-0.15, -0.1) is 11.3 Å². The molecule has 10 heteroatoms. The number of halogens is 1. The first-order valence-electron chi connectivity index (χ1n) is 14.4. The molecule has 2 aliphatic rings. The van der Waals surface area contributed by atoms with Gasteiger partial charge in [0.1, 0.15) is 10.6 Å². The predicted molar refractivity (Wildman–Crippen MR) is 184 cm³/mol. The van der Waals surface area contributed by atoms with Gasteiger partial charge in [0.15, 0.2) is 5.11 Å². The molecule has 44 heavy (non-hydrogen) atoms. The highest BCUT2D eigenvalue weighted by molar-refractivity contribution is 9.10. The van der Waals surface area contributed by atoms with Crippen LogP contribution in [0.4, 0.5) is 11.4 Å². The molecule has 3 amide bonds. The fourth-order valence-corrected chi connectivity index (χ4v) is 8.17. The van der Waals surface area contributed by atoms with Gasteiger partial charge in [-0.2, -0.15) is 0 Å². The Labute approximate surface area is 274 Å². The van der Waals surface area contributed by atoms with Gasteiger partial charge >= 0.3 is 0 Å². The van der Waals surface area contributed by atoms with Crippen molar-refractivity contribution in [3.05, 3.63) is 103 Å². The summed E-state index contributed by atoms with van der Waals surface area (Å²) in [5, 5.41) is 6.70. The standard InChI is InChI=1S/C34H31BrN4O3S2/c1-18-9-12-24(13-10-18)36-31(41)29-25-7-5-6-8-28(25)44-33(29)38-20(3)16-22(21(38)4)17-26-30(40)37-34(43)39(32(26)42)27-14-11-23(35)15-19(27)2/h9-17H,5-8H2,1-4H3,(H,36,41)(H,37,40,43). The topological polar surface area (TPSA) is 83.4 Å². The Morgan fingerprint density at radius 1 is 1.02 bits per heavy atom. The zero-order chi connectivity index (χ0) is 31.3. The van der Waals surface area contributed by atoms with Crippen LogP contribution >= 0.6 is 39.5 Å². The maximum Gasteiger partial charge on any atom is 0.270 e. The van der Waals surface area contributed by atoms with Crippen LogP contribution in [0, 0.1) is 27.7 Å². The largest absolute Gasteiger partial charge is 0.322 e. The van der Waals surface area contributed by atoms with Crippen molar-refractivity contribution >= 4 is 79.8 Å². The van der Waals surface area contributed by atoms with Crippen LogP contribution in [0.1, 0.15) is 61.7 Å². The van der Waals surface area contributed by atoms with E-state index in [4.69, 9.17) is 12.2 Å². The molecule has 2 aromatic heterocycles. The molecule has 0 atom stereocenters. The normalized spacial score (nSPS) is 15.9. The number of aryl methyl sites for hydroxylation is 4. The molecule has 0 saturated carbocycles. The van der Waals surface area contributed by atoms with E-state index in [-0.39, 0.29) is 16.6 Å². The minimum atomic E-state index is -0.541. The molecule has 6 rings (SSSR count). The number of aromatic nitrogens is 1. The first kappa shape index (κ1) is 30.2. The highest BCUT2D eigenvalue weighted by atomic mass is 79.9. The first-order chi connectivity index (χ1) is 21.0. The Balaban J connectivity index is 1.41. The number of nitrogens with one attached hydrogen (secondary N) is 2. The van der Waals surface area contributed by atoms with Crippen molar-refractivity contribution in [3.63, 3.8) is 0 Å². The number of fused-ring (bicyclic) bond motifs is 1. The maximum atomic E-state index is 13.9. The van der Waals surface area contributed by atoms with E-state index in [0.29, 0.717) is 11.3 Å². The maximum absolute atomic E-state index is 13.9. The summed E-state index contributed by atoms with van der Waals surface area (Å²) in [6, 6.07) is 15.3. The third kappa shape index (κ3) is 5.46. The molecule has 2 aromatic carbocycles. The average Bonchev–Trinajstić information content (AvgIpc) is 3.48. The number of anilines is 2. The number of nitrogens with zero attached hydrogens (tertiary/aromatic N) is 2. The number of rotatable bonds is 5. The number of hydrogen-bond donors (Lipinski definition) is 2. The van der Waals surface area contributed by atoms with Crippen LogP contribution in [0.5, 0.6) is 0 Å². The van der Waals surface area contributed by atoms with Crippen LogP contribution in [-0.4, -0.2) is 27.4 Å². The van der Waals surface area contributed by atoms with E-state index >= 15 is 0 Å². The summed E-state index contributed by atoms with van der Waals surface area (Å²) in [6.07, 6.45) is 5.57. The lowest BCUT2D eigenvalue weighted by molar-refractivity contribution is -0.122. The van der Waals surface area contributed by atoms with Crippen LogP contribution in [0.25, 0.3) is 11.1 Å². The second-order valence-electron chi connectivity index (χ2n) is 11.3. The van der Waals surface area contributed by atoms with Crippen molar-refractivity contribution in [1.82, 2.24) is 9.88 Å². The number of hydrogen-bond acceptors (Lipinski definition) is 5. The lowest BCUT2D eigenvalue weighted by Gasteiger charge is -2.30. The first-order valence-corrected chi connectivity index (χ1v) is 16.4. The van der Waals surface area contributed by atoms with E-state index in [1.165, 1.54) is 9.78 Å². The molecule has 1 aliphatic heterocycles. The van der Waals surface area contributed by atoms with E-state index < -0.39 is 11.8 Å². The van der Waals surface area contributed by atoms with Gasteiger partial charge in [-0.05, 0) is 125 Å². The number of carbonyl (C=O) groups is 3. The molecule has 2 N–H and O–H groups in total. The molecule has 7 nitrogen and oxygen atoms in total. The van der Waals surface area contributed by atoms with Gasteiger partial charge in [0.25, 0.3) is 17.7 Å². The molecule has 1 aliphatic carbocycles. The van der Waals surface area contributed by atoms with E-state index in [9.17, 15) is 14.4 Å². The summed E-state index contributed by atoms with van der Waals surface area (Å²) in [6.45, 7) is 7.83. The monoisotopic (exact) mass is 686 g/mol. The molecular formula is C34H31BrN4O3S2. The van der Waals surface area contributed by atoms with Gasteiger partial charge in [-0.25, -0.2) is 0 Å². The predicted octanol–water partition coefficient (Wildman–Crippen LogP) is 7.50. The summed E-state index contributed by atoms with van der Waals surface area (Å²) >= 11 is 10.5. The van der Waals surface area contributed by atoms with Crippen LogP contribution in [0.15, 0.2) is 58.6 Å². The quantitative estimate of drug-likeness (QED) is 0.129. The minimum Gasteiger partial charge on any atom is -0.322 e.